The summed E-state index contributed by atoms with van der Waals surface area (Å²) in [5.74, 6) is 0. The maximum absolute atomic E-state index is 5.59. The molecule has 98 valence electrons. The zero-order valence-corrected chi connectivity index (χ0v) is 11.7. The molecule has 2 unspecified atom stereocenters. The van der Waals surface area contributed by atoms with Gasteiger partial charge in [0.15, 0.2) is 6.29 Å². The first-order valence-corrected chi connectivity index (χ1v) is 6.64. The standard InChI is InChI=1S/C15H26O2/c1-12(2)7-5-8-13(3)9-6-10-15-16-11-14(4)17-15/h7,9,14-15H,5-6,8,10-11H2,1-4H3/b13-9+. The van der Waals surface area contributed by atoms with Crippen molar-refractivity contribution in [2.75, 3.05) is 6.61 Å². The van der Waals surface area contributed by atoms with Crippen LogP contribution in [0.1, 0.15) is 53.4 Å². The highest BCUT2D eigenvalue weighted by atomic mass is 16.7. The third kappa shape index (κ3) is 6.64. The molecule has 0 aromatic carbocycles. The first-order chi connectivity index (χ1) is 8.08. The molecule has 2 nitrogen and oxygen atoms in total. The van der Waals surface area contributed by atoms with Gasteiger partial charge in [0.05, 0.1) is 12.7 Å². The second-order valence-corrected chi connectivity index (χ2v) is 5.16. The summed E-state index contributed by atoms with van der Waals surface area (Å²) in [7, 11) is 0. The minimum absolute atomic E-state index is 0.0202. The van der Waals surface area contributed by atoms with E-state index in [-0.39, 0.29) is 12.4 Å². The van der Waals surface area contributed by atoms with Gasteiger partial charge >= 0.3 is 0 Å². The quantitative estimate of drug-likeness (QED) is 0.645. The largest absolute Gasteiger partial charge is 0.350 e. The van der Waals surface area contributed by atoms with Crippen molar-refractivity contribution in [1.82, 2.24) is 0 Å². The number of hydrogen-bond acceptors (Lipinski definition) is 2. The van der Waals surface area contributed by atoms with Gasteiger partial charge in [-0.1, -0.05) is 23.3 Å². The van der Waals surface area contributed by atoms with Crippen LogP contribution < -0.4 is 0 Å². The smallest absolute Gasteiger partial charge is 0.158 e. The first-order valence-electron chi connectivity index (χ1n) is 6.64. The van der Waals surface area contributed by atoms with Gasteiger partial charge in [-0.3, -0.25) is 0 Å². The van der Waals surface area contributed by atoms with Crippen molar-refractivity contribution in [2.45, 2.75) is 65.8 Å². The van der Waals surface area contributed by atoms with E-state index in [0.29, 0.717) is 0 Å². The molecule has 1 rings (SSSR count). The lowest BCUT2D eigenvalue weighted by Crippen LogP contribution is -2.08. The lowest BCUT2D eigenvalue weighted by atomic mass is 10.1. The predicted octanol–water partition coefficient (Wildman–Crippen LogP) is 4.22. The Morgan fingerprint density at radius 1 is 1.18 bits per heavy atom. The van der Waals surface area contributed by atoms with Gasteiger partial charge in [-0.2, -0.15) is 0 Å². The van der Waals surface area contributed by atoms with Gasteiger partial charge in [0.1, 0.15) is 0 Å². The second-order valence-electron chi connectivity index (χ2n) is 5.16. The number of ether oxygens (including phenoxy) is 2. The van der Waals surface area contributed by atoms with Crippen molar-refractivity contribution in [3.05, 3.63) is 23.3 Å². The van der Waals surface area contributed by atoms with Crippen molar-refractivity contribution in [2.24, 2.45) is 0 Å². The number of hydrogen-bond donors (Lipinski definition) is 0. The highest BCUT2D eigenvalue weighted by Crippen LogP contribution is 2.17. The van der Waals surface area contributed by atoms with Gasteiger partial charge in [-0.05, 0) is 47.0 Å². The summed E-state index contributed by atoms with van der Waals surface area (Å²) in [6.07, 6.45) is 9.24. The highest BCUT2D eigenvalue weighted by molar-refractivity contribution is 5.02. The van der Waals surface area contributed by atoms with Crippen LogP contribution in [0.15, 0.2) is 23.3 Å². The monoisotopic (exact) mass is 238 g/mol. The van der Waals surface area contributed by atoms with E-state index in [1.165, 1.54) is 11.1 Å². The molecular weight excluding hydrogens is 212 g/mol. The van der Waals surface area contributed by atoms with Gasteiger partial charge in [-0.25, -0.2) is 0 Å². The van der Waals surface area contributed by atoms with Crippen molar-refractivity contribution in [3.63, 3.8) is 0 Å². The van der Waals surface area contributed by atoms with Crippen molar-refractivity contribution >= 4 is 0 Å². The minimum Gasteiger partial charge on any atom is -0.350 e. The minimum atomic E-state index is 0.0202. The molecule has 0 radical (unpaired) electrons. The molecule has 1 heterocycles. The first kappa shape index (κ1) is 14.5. The zero-order valence-electron chi connectivity index (χ0n) is 11.7. The van der Waals surface area contributed by atoms with Crippen molar-refractivity contribution in [3.8, 4) is 0 Å². The Balaban J connectivity index is 2.13. The lowest BCUT2D eigenvalue weighted by Gasteiger charge is -2.08. The van der Waals surface area contributed by atoms with Crippen LogP contribution in [-0.4, -0.2) is 19.0 Å². The van der Waals surface area contributed by atoms with Crippen LogP contribution in [0.5, 0.6) is 0 Å². The van der Waals surface area contributed by atoms with Gasteiger partial charge in [0.25, 0.3) is 0 Å². The molecule has 0 bridgehead atoms. The van der Waals surface area contributed by atoms with Crippen LogP contribution in [0.3, 0.4) is 0 Å². The Hall–Kier alpha value is -0.600. The summed E-state index contributed by atoms with van der Waals surface area (Å²) in [5.41, 5.74) is 2.87. The van der Waals surface area contributed by atoms with Gasteiger partial charge < -0.3 is 9.47 Å². The molecule has 0 aromatic rings. The van der Waals surface area contributed by atoms with Crippen LogP contribution in [0.2, 0.25) is 0 Å². The summed E-state index contributed by atoms with van der Waals surface area (Å²) in [4.78, 5) is 0. The van der Waals surface area contributed by atoms with Crippen molar-refractivity contribution in [1.29, 1.82) is 0 Å². The van der Waals surface area contributed by atoms with Crippen LogP contribution in [0, 0.1) is 0 Å². The summed E-state index contributed by atoms with van der Waals surface area (Å²) in [6, 6.07) is 0. The Morgan fingerprint density at radius 3 is 2.53 bits per heavy atom. The molecule has 0 spiro atoms. The van der Waals surface area contributed by atoms with Gasteiger partial charge in [-0.15, -0.1) is 0 Å². The predicted molar refractivity (Wildman–Crippen MR) is 71.9 cm³/mol. The van der Waals surface area contributed by atoms with E-state index in [1.807, 2.05) is 0 Å². The maximum atomic E-state index is 5.59. The summed E-state index contributed by atoms with van der Waals surface area (Å²) >= 11 is 0. The third-order valence-electron chi connectivity index (χ3n) is 2.89. The summed E-state index contributed by atoms with van der Waals surface area (Å²) in [6.45, 7) is 9.30. The Bertz CT molecular complexity index is 275. The molecule has 0 N–H and O–H groups in total. The second kappa shape index (κ2) is 7.67. The molecule has 17 heavy (non-hydrogen) atoms. The van der Waals surface area contributed by atoms with E-state index < -0.39 is 0 Å². The molecule has 1 saturated heterocycles. The van der Waals surface area contributed by atoms with Crippen LogP contribution in [0.4, 0.5) is 0 Å². The fourth-order valence-electron chi connectivity index (χ4n) is 1.89. The average molecular weight is 238 g/mol. The number of rotatable bonds is 6. The third-order valence-corrected chi connectivity index (χ3v) is 2.89. The molecule has 0 saturated carbocycles. The van der Waals surface area contributed by atoms with E-state index in [0.717, 1.165) is 32.3 Å². The average Bonchev–Trinajstić information content (AvgIpc) is 2.63. The molecular formula is C15H26O2. The molecule has 0 aromatic heterocycles. The number of allylic oxidation sites excluding steroid dienone is 4. The van der Waals surface area contributed by atoms with E-state index >= 15 is 0 Å². The molecule has 0 amide bonds. The van der Waals surface area contributed by atoms with E-state index in [4.69, 9.17) is 9.47 Å². The highest BCUT2D eigenvalue weighted by Gasteiger charge is 2.21. The SMILES string of the molecule is CC(C)=CCC/C(C)=C/CCC1OCC(C)O1. The van der Waals surface area contributed by atoms with E-state index in [2.05, 4.69) is 39.8 Å². The fourth-order valence-corrected chi connectivity index (χ4v) is 1.89. The zero-order chi connectivity index (χ0) is 12.7. The topological polar surface area (TPSA) is 18.5 Å². The van der Waals surface area contributed by atoms with E-state index in [9.17, 15) is 0 Å². The normalized spacial score (nSPS) is 25.1. The van der Waals surface area contributed by atoms with Gasteiger partial charge in [0.2, 0.25) is 0 Å². The Labute approximate surface area is 106 Å². The lowest BCUT2D eigenvalue weighted by molar-refractivity contribution is -0.0583. The fraction of sp³-hybridized carbons (Fsp3) is 0.733. The Kier molecular flexibility index (Phi) is 6.53. The van der Waals surface area contributed by atoms with Gasteiger partial charge in [0, 0.05) is 6.42 Å². The van der Waals surface area contributed by atoms with Crippen LogP contribution in [-0.2, 0) is 9.47 Å². The van der Waals surface area contributed by atoms with Crippen LogP contribution >= 0.6 is 0 Å². The van der Waals surface area contributed by atoms with Crippen molar-refractivity contribution < 1.29 is 9.47 Å². The molecule has 2 heteroatoms. The molecule has 1 aliphatic heterocycles. The molecule has 0 aliphatic carbocycles. The maximum Gasteiger partial charge on any atom is 0.158 e. The van der Waals surface area contributed by atoms with Crippen LogP contribution in [0.25, 0.3) is 0 Å². The Morgan fingerprint density at radius 2 is 1.94 bits per heavy atom. The summed E-state index contributed by atoms with van der Waals surface area (Å²) < 4.78 is 11.1. The summed E-state index contributed by atoms with van der Waals surface area (Å²) in [5, 5.41) is 0. The molecule has 1 aliphatic rings. The molecule has 1 fully saturated rings. The molecule has 2 atom stereocenters. The van der Waals surface area contributed by atoms with E-state index in [1.54, 1.807) is 0 Å².